The number of methoxy groups -OCH3 is 1. The monoisotopic (exact) mass is 264 g/mol. The van der Waals surface area contributed by atoms with E-state index in [1.165, 1.54) is 6.42 Å². The van der Waals surface area contributed by atoms with E-state index in [9.17, 15) is 5.11 Å². The van der Waals surface area contributed by atoms with Crippen LogP contribution in [0.1, 0.15) is 50.7 Å². The van der Waals surface area contributed by atoms with Crippen LogP contribution in [0.25, 0.3) is 0 Å². The molecule has 1 aliphatic carbocycles. The van der Waals surface area contributed by atoms with Crippen molar-refractivity contribution in [2.75, 3.05) is 13.7 Å². The van der Waals surface area contributed by atoms with Gasteiger partial charge in [0.2, 0.25) is 0 Å². The zero-order chi connectivity index (χ0) is 13.7. The highest BCUT2D eigenvalue weighted by Gasteiger charge is 2.40. The lowest BCUT2D eigenvalue weighted by Gasteiger charge is -2.41. The molecule has 1 aromatic rings. The molecule has 1 aliphatic rings. The molecular weight excluding hydrogens is 240 g/mol. The minimum absolute atomic E-state index is 0.401. The van der Waals surface area contributed by atoms with Crippen LogP contribution in [-0.2, 0) is 4.74 Å². The van der Waals surface area contributed by atoms with Gasteiger partial charge < -0.3 is 14.6 Å². The molecule has 2 rings (SSSR count). The first-order chi connectivity index (χ1) is 9.22. The van der Waals surface area contributed by atoms with Gasteiger partial charge >= 0.3 is 0 Å². The molecule has 0 radical (unpaired) electrons. The lowest BCUT2D eigenvalue weighted by atomic mass is 9.78. The third-order valence-electron chi connectivity index (χ3n) is 4.06. The normalized spacial score (nSPS) is 19.9. The fraction of sp³-hybridized carbons (Fsp3) is 0.625. The number of aliphatic hydroxyl groups is 1. The van der Waals surface area contributed by atoms with E-state index in [1.807, 2.05) is 31.2 Å². The lowest BCUT2D eigenvalue weighted by molar-refractivity contribution is -0.141. The first-order valence-corrected chi connectivity index (χ1v) is 7.18. The van der Waals surface area contributed by atoms with Crippen LogP contribution in [0.3, 0.4) is 0 Å². The van der Waals surface area contributed by atoms with Crippen molar-refractivity contribution in [1.82, 2.24) is 0 Å². The number of benzene rings is 1. The van der Waals surface area contributed by atoms with Gasteiger partial charge in [-0.05, 0) is 37.5 Å². The highest BCUT2D eigenvalue weighted by Crippen LogP contribution is 2.41. The largest absolute Gasteiger partial charge is 0.497 e. The van der Waals surface area contributed by atoms with Gasteiger partial charge in [0.05, 0.1) is 12.7 Å². The second-order valence-electron chi connectivity index (χ2n) is 5.23. The molecule has 106 valence electrons. The van der Waals surface area contributed by atoms with Gasteiger partial charge in [0.15, 0.2) is 0 Å². The SMILES string of the molecule is CCOC1(C(O)c2ccc(OC)cc2)CCCCC1. The molecule has 0 bridgehead atoms. The van der Waals surface area contributed by atoms with Crippen LogP contribution in [0.2, 0.25) is 0 Å². The predicted molar refractivity (Wildman–Crippen MR) is 75.4 cm³/mol. The van der Waals surface area contributed by atoms with Crippen molar-refractivity contribution in [1.29, 1.82) is 0 Å². The summed E-state index contributed by atoms with van der Waals surface area (Å²) < 4.78 is 11.1. The molecule has 3 nitrogen and oxygen atoms in total. The maximum Gasteiger partial charge on any atom is 0.118 e. The predicted octanol–water partition coefficient (Wildman–Crippen LogP) is 3.47. The summed E-state index contributed by atoms with van der Waals surface area (Å²) in [5.41, 5.74) is 0.512. The molecule has 0 amide bonds. The number of ether oxygens (including phenoxy) is 2. The first kappa shape index (κ1) is 14.4. The van der Waals surface area contributed by atoms with Crippen LogP contribution in [-0.4, -0.2) is 24.4 Å². The van der Waals surface area contributed by atoms with Gasteiger partial charge in [-0.2, -0.15) is 0 Å². The molecule has 0 saturated heterocycles. The summed E-state index contributed by atoms with van der Waals surface area (Å²) in [6.07, 6.45) is 4.82. The summed E-state index contributed by atoms with van der Waals surface area (Å²) >= 11 is 0. The first-order valence-electron chi connectivity index (χ1n) is 7.18. The summed E-state index contributed by atoms with van der Waals surface area (Å²) in [5, 5.41) is 10.7. The Hall–Kier alpha value is -1.06. The Morgan fingerprint density at radius 1 is 1.16 bits per heavy atom. The maximum atomic E-state index is 10.7. The van der Waals surface area contributed by atoms with Crippen LogP contribution in [0.15, 0.2) is 24.3 Å². The molecule has 0 aromatic heterocycles. The van der Waals surface area contributed by atoms with E-state index in [1.54, 1.807) is 7.11 Å². The van der Waals surface area contributed by atoms with Crippen molar-refractivity contribution in [3.8, 4) is 5.75 Å². The molecule has 1 aromatic carbocycles. The molecule has 3 heteroatoms. The van der Waals surface area contributed by atoms with Crippen molar-refractivity contribution in [2.24, 2.45) is 0 Å². The van der Waals surface area contributed by atoms with Gasteiger partial charge in [-0.25, -0.2) is 0 Å². The Balaban J connectivity index is 2.19. The van der Waals surface area contributed by atoms with E-state index in [2.05, 4.69) is 0 Å². The van der Waals surface area contributed by atoms with E-state index >= 15 is 0 Å². The Labute approximate surface area is 115 Å². The molecule has 19 heavy (non-hydrogen) atoms. The number of rotatable bonds is 5. The quantitative estimate of drug-likeness (QED) is 0.885. The number of hydrogen-bond acceptors (Lipinski definition) is 3. The summed E-state index contributed by atoms with van der Waals surface area (Å²) in [4.78, 5) is 0. The van der Waals surface area contributed by atoms with Crippen LogP contribution in [0, 0.1) is 0 Å². The zero-order valence-electron chi connectivity index (χ0n) is 11.9. The van der Waals surface area contributed by atoms with Crippen molar-refractivity contribution in [2.45, 2.75) is 50.7 Å². The lowest BCUT2D eigenvalue weighted by Crippen LogP contribution is -2.41. The number of aliphatic hydroxyl groups excluding tert-OH is 1. The highest BCUT2D eigenvalue weighted by atomic mass is 16.5. The van der Waals surface area contributed by atoms with Crippen molar-refractivity contribution in [3.05, 3.63) is 29.8 Å². The third kappa shape index (κ3) is 3.10. The van der Waals surface area contributed by atoms with Crippen LogP contribution in [0.4, 0.5) is 0 Å². The van der Waals surface area contributed by atoms with Gasteiger partial charge in [0, 0.05) is 6.61 Å². The topological polar surface area (TPSA) is 38.7 Å². The van der Waals surface area contributed by atoms with Crippen LogP contribution >= 0.6 is 0 Å². The maximum absolute atomic E-state index is 10.7. The molecule has 1 atom stereocenters. The third-order valence-corrected chi connectivity index (χ3v) is 4.06. The molecule has 0 spiro atoms. The minimum Gasteiger partial charge on any atom is -0.497 e. The van der Waals surface area contributed by atoms with E-state index in [0.717, 1.165) is 37.0 Å². The second-order valence-corrected chi connectivity index (χ2v) is 5.23. The zero-order valence-corrected chi connectivity index (χ0v) is 11.9. The Bertz CT molecular complexity index is 374. The van der Waals surface area contributed by atoms with Crippen molar-refractivity contribution >= 4 is 0 Å². The minimum atomic E-state index is -0.557. The molecule has 0 aliphatic heterocycles. The van der Waals surface area contributed by atoms with E-state index in [-0.39, 0.29) is 0 Å². The smallest absolute Gasteiger partial charge is 0.118 e. The van der Waals surface area contributed by atoms with Crippen LogP contribution in [0.5, 0.6) is 5.75 Å². The Morgan fingerprint density at radius 2 is 1.79 bits per heavy atom. The summed E-state index contributed by atoms with van der Waals surface area (Å²) in [6, 6.07) is 7.64. The molecule has 0 heterocycles. The summed E-state index contributed by atoms with van der Waals surface area (Å²) in [7, 11) is 1.65. The molecular formula is C16H24O3. The standard InChI is InChI=1S/C16H24O3/c1-3-19-16(11-5-4-6-12-16)15(17)13-7-9-14(18-2)10-8-13/h7-10,15,17H,3-6,11-12H2,1-2H3. The number of hydrogen-bond donors (Lipinski definition) is 1. The van der Waals surface area contributed by atoms with Gasteiger partial charge in [0.1, 0.15) is 11.9 Å². The van der Waals surface area contributed by atoms with Gasteiger partial charge in [-0.3, -0.25) is 0 Å². The van der Waals surface area contributed by atoms with Crippen LogP contribution < -0.4 is 4.74 Å². The van der Waals surface area contributed by atoms with E-state index < -0.39 is 11.7 Å². The fourth-order valence-corrected chi connectivity index (χ4v) is 3.02. The Morgan fingerprint density at radius 3 is 2.32 bits per heavy atom. The molecule has 1 saturated carbocycles. The van der Waals surface area contributed by atoms with Crippen molar-refractivity contribution in [3.63, 3.8) is 0 Å². The molecule has 1 N–H and O–H groups in total. The van der Waals surface area contributed by atoms with E-state index in [0.29, 0.717) is 6.61 Å². The van der Waals surface area contributed by atoms with Crippen molar-refractivity contribution < 1.29 is 14.6 Å². The molecule has 1 unspecified atom stereocenters. The van der Waals surface area contributed by atoms with E-state index in [4.69, 9.17) is 9.47 Å². The average molecular weight is 264 g/mol. The van der Waals surface area contributed by atoms with Gasteiger partial charge in [-0.1, -0.05) is 31.4 Å². The average Bonchev–Trinajstić information content (AvgIpc) is 2.48. The van der Waals surface area contributed by atoms with Gasteiger partial charge in [-0.15, -0.1) is 0 Å². The second kappa shape index (κ2) is 6.40. The van der Waals surface area contributed by atoms with Gasteiger partial charge in [0.25, 0.3) is 0 Å². The Kier molecular flexibility index (Phi) is 4.83. The molecule has 1 fully saturated rings. The summed E-state index contributed by atoms with van der Waals surface area (Å²) in [6.45, 7) is 2.64. The summed E-state index contributed by atoms with van der Waals surface area (Å²) in [5.74, 6) is 0.810. The highest BCUT2D eigenvalue weighted by molar-refractivity contribution is 5.29. The fourth-order valence-electron chi connectivity index (χ4n) is 3.02.